The quantitative estimate of drug-likeness (QED) is 0.288. The molecule has 4 aromatic rings. The molecule has 0 aliphatic carbocycles. The molecule has 4 nitrogen and oxygen atoms in total. The van der Waals surface area contributed by atoms with Gasteiger partial charge in [0.05, 0.1) is 0 Å². The van der Waals surface area contributed by atoms with E-state index in [1.165, 1.54) is 42.5 Å². The van der Waals surface area contributed by atoms with Gasteiger partial charge in [-0.05, 0) is 48.5 Å². The average molecular weight is 549 g/mol. The fourth-order valence-electron chi connectivity index (χ4n) is 7.59. The third-order valence-electron chi connectivity index (χ3n) is 9.61. The van der Waals surface area contributed by atoms with Gasteiger partial charge in [0.15, 0.2) is 32.3 Å². The van der Waals surface area contributed by atoms with E-state index in [9.17, 15) is 0 Å². The first-order valence-electron chi connectivity index (χ1n) is 13.2. The second-order valence-corrected chi connectivity index (χ2v) is 30.2. The van der Waals surface area contributed by atoms with E-state index in [1.54, 1.807) is 0 Å². The summed E-state index contributed by atoms with van der Waals surface area (Å²) in [6.07, 6.45) is 0. The van der Waals surface area contributed by atoms with Gasteiger partial charge >= 0.3 is 0 Å². The summed E-state index contributed by atoms with van der Waals surface area (Å²) in [6.45, 7) is 20.3. The molecule has 1 aliphatic heterocycles. The Morgan fingerprint density at radius 2 is 0.417 bits per heavy atom. The zero-order valence-electron chi connectivity index (χ0n) is 24.4. The Morgan fingerprint density at radius 1 is 0.306 bits per heavy atom. The lowest BCUT2D eigenvalue weighted by atomic mass is 10.7. The molecule has 1 aliphatic rings. The molecule has 0 saturated heterocycles. The Morgan fingerprint density at radius 3 is 0.528 bits per heavy atom. The Labute approximate surface area is 221 Å². The molecule has 0 atom stereocenters. The fraction of sp³-hybridized carbons (Fsp3) is 0.429. The number of fused-ring (bicyclic) bond motifs is 8. The van der Waals surface area contributed by atoms with Crippen LogP contribution in [-0.2, 0) is 28.2 Å². The molecule has 0 amide bonds. The third kappa shape index (κ3) is 3.20. The average Bonchev–Trinajstić information content (AvgIpc) is 3.52. The first-order valence-corrected chi connectivity index (χ1v) is 25.2. The van der Waals surface area contributed by atoms with Crippen molar-refractivity contribution in [3.8, 4) is 0 Å². The van der Waals surface area contributed by atoms with Crippen LogP contribution in [0.15, 0.2) is 48.5 Å². The lowest BCUT2D eigenvalue weighted by molar-refractivity contribution is 0.949. The second-order valence-electron chi connectivity index (χ2n) is 13.2. The molecule has 0 aromatic carbocycles. The van der Waals surface area contributed by atoms with Crippen LogP contribution >= 0.6 is 0 Å². The highest BCUT2D eigenvalue weighted by molar-refractivity contribution is 7.04. The Hall–Kier alpha value is -2.01. The highest BCUT2D eigenvalue weighted by Gasteiger charge is 2.42. The number of rotatable bonds is 0. The van der Waals surface area contributed by atoms with Crippen molar-refractivity contribution >= 4 is 74.8 Å². The highest BCUT2D eigenvalue weighted by Crippen LogP contribution is 2.14. The zero-order chi connectivity index (χ0) is 26.6. The molecule has 0 saturated carbocycles. The van der Waals surface area contributed by atoms with Gasteiger partial charge in [0.2, 0.25) is 0 Å². The maximum absolute atomic E-state index is 2.58. The largest absolute Gasteiger partial charge is 0.358 e. The predicted molar refractivity (Wildman–Crippen MR) is 169 cm³/mol. The molecule has 0 N–H and O–H groups in total. The second kappa shape index (κ2) is 7.75. The van der Waals surface area contributed by atoms with E-state index in [0.29, 0.717) is 0 Å². The molecule has 8 bridgehead atoms. The van der Waals surface area contributed by atoms with E-state index in [4.69, 9.17) is 0 Å². The molecule has 8 heteroatoms. The summed E-state index contributed by atoms with van der Waals surface area (Å²) in [5, 5.41) is 12.2. The van der Waals surface area contributed by atoms with Gasteiger partial charge in [-0.1, -0.05) is 52.4 Å². The maximum Gasteiger partial charge on any atom is 0.152 e. The van der Waals surface area contributed by atoms with Crippen LogP contribution in [-0.4, -0.2) is 50.6 Å². The van der Waals surface area contributed by atoms with Crippen molar-refractivity contribution in [1.29, 1.82) is 0 Å². The van der Waals surface area contributed by atoms with Gasteiger partial charge in [0.25, 0.3) is 0 Å². The molecule has 5 heterocycles. The molecular weight excluding hydrogens is 505 g/mol. The van der Waals surface area contributed by atoms with Crippen LogP contribution in [0.2, 0.25) is 52.4 Å². The van der Waals surface area contributed by atoms with Crippen molar-refractivity contribution in [3.05, 3.63) is 48.5 Å². The first kappa shape index (κ1) is 25.6. The number of hydrogen-bond donors (Lipinski definition) is 0. The third-order valence-corrected chi connectivity index (χ3v) is 23.9. The van der Waals surface area contributed by atoms with Crippen LogP contribution in [0, 0.1) is 0 Å². The number of nitrogens with zero attached hydrogens (tertiary/aromatic N) is 4. The monoisotopic (exact) mass is 548 g/mol. The lowest BCUT2D eigenvalue weighted by Gasteiger charge is -2.32. The summed E-state index contributed by atoms with van der Waals surface area (Å²) in [7, 11) is 1.64. The molecule has 36 heavy (non-hydrogen) atoms. The first-order chi connectivity index (χ1) is 16.6. The standard InChI is InChI=1S/C28H44N4Si4/c1-29-21-13-14-22(29)34(7,8)24-16-18-26(31(24)3)36(11,12)28-20-19-27(32(28)4)35(9,10)25-17-15-23(30(25)2)33(21,5)6/h13-20H,1-12H3. The summed E-state index contributed by atoms with van der Waals surface area (Å²) in [5.74, 6) is 0. The van der Waals surface area contributed by atoms with E-state index in [1.807, 2.05) is 0 Å². The molecule has 0 spiro atoms. The summed E-state index contributed by atoms with van der Waals surface area (Å²) in [5.41, 5.74) is 0. The van der Waals surface area contributed by atoms with Crippen LogP contribution in [0.3, 0.4) is 0 Å². The van der Waals surface area contributed by atoms with Gasteiger partial charge in [0, 0.05) is 70.7 Å². The summed E-state index contributed by atoms with van der Waals surface area (Å²) in [4.78, 5) is 0. The SMILES string of the molecule is Cn1c2ccc1[Si](C)(C)c1ccc(n1C)[Si](C)(C)c1ccc(n1C)[Si](C)(C)c1ccc(n1C)[Si]2(C)C. The van der Waals surface area contributed by atoms with Crippen LogP contribution in [0.4, 0.5) is 0 Å². The summed E-state index contributed by atoms with van der Waals surface area (Å²) in [6, 6.07) is 19.6. The Bertz CT molecular complexity index is 1170. The molecule has 0 fully saturated rings. The van der Waals surface area contributed by atoms with Gasteiger partial charge in [-0.15, -0.1) is 0 Å². The number of hydrogen-bond acceptors (Lipinski definition) is 0. The van der Waals surface area contributed by atoms with Crippen molar-refractivity contribution in [3.63, 3.8) is 0 Å². The minimum absolute atomic E-state index is 1.53. The maximum atomic E-state index is 2.58. The number of aromatic nitrogens is 4. The smallest absolute Gasteiger partial charge is 0.152 e. The predicted octanol–water partition coefficient (Wildman–Crippen LogP) is 0.644. The van der Waals surface area contributed by atoms with Gasteiger partial charge in [-0.2, -0.15) is 0 Å². The summed E-state index contributed by atoms with van der Waals surface area (Å²) >= 11 is 0. The van der Waals surface area contributed by atoms with Crippen LogP contribution < -0.4 is 42.5 Å². The van der Waals surface area contributed by atoms with Crippen molar-refractivity contribution in [1.82, 2.24) is 18.3 Å². The normalized spacial score (nSPS) is 19.4. The highest BCUT2D eigenvalue weighted by atomic mass is 28.3. The van der Waals surface area contributed by atoms with E-state index in [-0.39, 0.29) is 0 Å². The van der Waals surface area contributed by atoms with Crippen LogP contribution in [0.1, 0.15) is 0 Å². The van der Waals surface area contributed by atoms with Crippen LogP contribution in [0.25, 0.3) is 0 Å². The van der Waals surface area contributed by atoms with E-state index >= 15 is 0 Å². The van der Waals surface area contributed by atoms with Gasteiger partial charge in [-0.3, -0.25) is 0 Å². The van der Waals surface area contributed by atoms with Crippen molar-refractivity contribution in [2.75, 3.05) is 0 Å². The van der Waals surface area contributed by atoms with E-state index in [0.717, 1.165) is 0 Å². The van der Waals surface area contributed by atoms with E-state index < -0.39 is 32.3 Å². The minimum Gasteiger partial charge on any atom is -0.358 e. The summed E-state index contributed by atoms with van der Waals surface area (Å²) < 4.78 is 10.3. The topological polar surface area (TPSA) is 19.7 Å². The van der Waals surface area contributed by atoms with Gasteiger partial charge < -0.3 is 18.3 Å². The molecule has 0 radical (unpaired) electrons. The zero-order valence-corrected chi connectivity index (χ0v) is 28.4. The Balaban J connectivity index is 1.88. The van der Waals surface area contributed by atoms with Crippen molar-refractivity contribution < 1.29 is 0 Å². The fourth-order valence-corrected chi connectivity index (χ4v) is 20.8. The van der Waals surface area contributed by atoms with Gasteiger partial charge in [-0.25, -0.2) is 0 Å². The van der Waals surface area contributed by atoms with E-state index in [2.05, 4.69) is 147 Å². The minimum atomic E-state index is -1.92. The molecule has 4 aromatic heterocycles. The molecular formula is C28H44N4Si4. The Kier molecular flexibility index (Phi) is 5.52. The molecule has 0 unspecified atom stereocenters. The van der Waals surface area contributed by atoms with Crippen molar-refractivity contribution in [2.45, 2.75) is 52.4 Å². The van der Waals surface area contributed by atoms with Crippen molar-refractivity contribution in [2.24, 2.45) is 28.2 Å². The van der Waals surface area contributed by atoms with Crippen LogP contribution in [0.5, 0.6) is 0 Å². The molecule has 5 rings (SSSR count). The lowest BCUT2D eigenvalue weighted by Crippen LogP contribution is -2.67. The molecule has 192 valence electrons. The van der Waals surface area contributed by atoms with Gasteiger partial charge in [0.1, 0.15) is 0 Å².